The molecule has 110 valence electrons. The summed E-state index contributed by atoms with van der Waals surface area (Å²) in [5, 5.41) is 2.94. The van der Waals surface area contributed by atoms with Gasteiger partial charge in [-0.05, 0) is 30.7 Å². The summed E-state index contributed by atoms with van der Waals surface area (Å²) < 4.78 is 22.7. The van der Waals surface area contributed by atoms with Crippen LogP contribution in [0.5, 0.6) is 0 Å². The van der Waals surface area contributed by atoms with Gasteiger partial charge in [-0.3, -0.25) is 4.79 Å². The highest BCUT2D eigenvalue weighted by molar-refractivity contribution is 7.90. The molecule has 1 fully saturated rings. The van der Waals surface area contributed by atoms with Crippen LogP contribution in [0.1, 0.15) is 30.6 Å². The van der Waals surface area contributed by atoms with Crippen molar-refractivity contribution < 1.29 is 13.2 Å². The largest absolute Gasteiger partial charge is 0.349 e. The molecule has 0 aromatic heterocycles. The summed E-state index contributed by atoms with van der Waals surface area (Å²) >= 11 is 0. The number of hydrogen-bond donors (Lipinski definition) is 2. The normalized spacial score (nSPS) is 24.8. The number of rotatable bonds is 3. The highest BCUT2D eigenvalue weighted by Crippen LogP contribution is 2.39. The first-order valence-corrected chi connectivity index (χ1v) is 8.38. The Kier molecular flexibility index (Phi) is 3.64. The average Bonchev–Trinajstić information content (AvgIpc) is 2.37. The minimum absolute atomic E-state index is 0.0552. The van der Waals surface area contributed by atoms with E-state index in [-0.39, 0.29) is 28.3 Å². The van der Waals surface area contributed by atoms with Gasteiger partial charge in [0.05, 0.1) is 4.90 Å². The van der Waals surface area contributed by atoms with Gasteiger partial charge < -0.3 is 11.1 Å². The number of carbonyl (C=O) groups excluding carboxylic acids is 1. The van der Waals surface area contributed by atoms with E-state index in [1.807, 2.05) is 13.8 Å². The number of nitrogens with one attached hydrogen (secondary N) is 1. The second-order valence-corrected chi connectivity index (χ2v) is 8.00. The van der Waals surface area contributed by atoms with Crippen LogP contribution in [0, 0.1) is 5.41 Å². The quantitative estimate of drug-likeness (QED) is 0.869. The van der Waals surface area contributed by atoms with E-state index in [9.17, 15) is 13.2 Å². The maximum Gasteiger partial charge on any atom is 0.251 e. The highest BCUT2D eigenvalue weighted by Gasteiger charge is 2.46. The third-order valence-electron chi connectivity index (χ3n) is 4.19. The van der Waals surface area contributed by atoms with E-state index < -0.39 is 9.84 Å². The molecule has 20 heavy (non-hydrogen) atoms. The Morgan fingerprint density at radius 3 is 2.25 bits per heavy atom. The smallest absolute Gasteiger partial charge is 0.251 e. The minimum Gasteiger partial charge on any atom is -0.349 e. The lowest BCUT2D eigenvalue weighted by molar-refractivity contribution is 0.0586. The monoisotopic (exact) mass is 296 g/mol. The van der Waals surface area contributed by atoms with Crippen LogP contribution in [0.25, 0.3) is 0 Å². The first kappa shape index (κ1) is 15.0. The average molecular weight is 296 g/mol. The number of benzene rings is 1. The van der Waals surface area contributed by atoms with Crippen LogP contribution in [0.3, 0.4) is 0 Å². The molecule has 1 amide bonds. The molecule has 3 N–H and O–H groups in total. The van der Waals surface area contributed by atoms with Crippen LogP contribution in [0.4, 0.5) is 0 Å². The zero-order valence-electron chi connectivity index (χ0n) is 11.9. The van der Waals surface area contributed by atoms with Crippen molar-refractivity contribution in [3.05, 3.63) is 29.8 Å². The first-order valence-electron chi connectivity index (χ1n) is 6.49. The summed E-state index contributed by atoms with van der Waals surface area (Å²) in [5.41, 5.74) is 6.25. The molecule has 1 aromatic rings. The Hall–Kier alpha value is -1.40. The van der Waals surface area contributed by atoms with Crippen molar-refractivity contribution in [2.45, 2.75) is 37.2 Å². The third kappa shape index (κ3) is 2.71. The van der Waals surface area contributed by atoms with Gasteiger partial charge >= 0.3 is 0 Å². The predicted octanol–water partition coefficient (Wildman–Crippen LogP) is 0.946. The van der Waals surface area contributed by atoms with Crippen molar-refractivity contribution >= 4 is 15.7 Å². The number of sulfone groups is 1. The molecule has 1 saturated carbocycles. The topological polar surface area (TPSA) is 89.3 Å². The van der Waals surface area contributed by atoms with Gasteiger partial charge in [0.1, 0.15) is 0 Å². The summed E-state index contributed by atoms with van der Waals surface area (Å²) in [6.07, 6.45) is 1.90. The molecule has 1 aromatic carbocycles. The summed E-state index contributed by atoms with van der Waals surface area (Å²) in [6.45, 7) is 4.05. The van der Waals surface area contributed by atoms with Crippen LogP contribution >= 0.6 is 0 Å². The lowest BCUT2D eigenvalue weighted by atomic mass is 9.63. The molecule has 2 unspecified atom stereocenters. The zero-order chi connectivity index (χ0) is 15.1. The number of carbonyl (C=O) groups is 1. The van der Waals surface area contributed by atoms with Gasteiger partial charge in [0.2, 0.25) is 0 Å². The molecule has 0 saturated heterocycles. The first-order chi connectivity index (χ1) is 9.12. The SMILES string of the molecule is CC1(C)C(N)CC1NC(=O)c1ccc(S(C)(=O)=O)cc1. The van der Waals surface area contributed by atoms with Gasteiger partial charge in [0.25, 0.3) is 5.91 Å². The fourth-order valence-electron chi connectivity index (χ4n) is 2.30. The third-order valence-corrected chi connectivity index (χ3v) is 5.32. The molecular weight excluding hydrogens is 276 g/mol. The molecule has 5 nitrogen and oxygen atoms in total. The molecule has 1 aliphatic carbocycles. The standard InChI is InChI=1S/C14H20N2O3S/c1-14(2)11(15)8-12(14)16-13(17)9-4-6-10(7-5-9)20(3,18)19/h4-7,11-12H,8,15H2,1-3H3,(H,16,17). The van der Waals surface area contributed by atoms with Crippen LogP contribution in [-0.2, 0) is 9.84 Å². The van der Waals surface area contributed by atoms with Crippen molar-refractivity contribution in [1.82, 2.24) is 5.32 Å². The molecule has 0 radical (unpaired) electrons. The Labute approximate surface area is 119 Å². The number of nitrogens with two attached hydrogens (primary N) is 1. The van der Waals surface area contributed by atoms with Crippen molar-refractivity contribution in [3.8, 4) is 0 Å². The molecule has 2 rings (SSSR count). The van der Waals surface area contributed by atoms with Gasteiger partial charge in [0.15, 0.2) is 9.84 Å². The molecule has 0 aliphatic heterocycles. The maximum absolute atomic E-state index is 12.1. The van der Waals surface area contributed by atoms with Crippen LogP contribution in [-0.4, -0.2) is 32.7 Å². The lowest BCUT2D eigenvalue weighted by Crippen LogP contribution is -2.64. The zero-order valence-corrected chi connectivity index (χ0v) is 12.7. The van der Waals surface area contributed by atoms with E-state index in [1.165, 1.54) is 24.3 Å². The van der Waals surface area contributed by atoms with Crippen molar-refractivity contribution in [3.63, 3.8) is 0 Å². The highest BCUT2D eigenvalue weighted by atomic mass is 32.2. The Morgan fingerprint density at radius 2 is 1.85 bits per heavy atom. The second-order valence-electron chi connectivity index (χ2n) is 5.99. The predicted molar refractivity (Wildman–Crippen MR) is 77.2 cm³/mol. The van der Waals surface area contributed by atoms with E-state index in [0.29, 0.717) is 5.56 Å². The van der Waals surface area contributed by atoms with Gasteiger partial charge in [-0.2, -0.15) is 0 Å². The Morgan fingerprint density at radius 1 is 1.30 bits per heavy atom. The van der Waals surface area contributed by atoms with Gasteiger partial charge in [-0.15, -0.1) is 0 Å². The number of hydrogen-bond acceptors (Lipinski definition) is 4. The van der Waals surface area contributed by atoms with E-state index in [4.69, 9.17) is 5.73 Å². The van der Waals surface area contributed by atoms with E-state index >= 15 is 0 Å². The molecule has 1 aliphatic rings. The molecular formula is C14H20N2O3S. The minimum atomic E-state index is -3.24. The van der Waals surface area contributed by atoms with Crippen molar-refractivity contribution in [2.24, 2.45) is 11.1 Å². The fraction of sp³-hybridized carbons (Fsp3) is 0.500. The lowest BCUT2D eigenvalue weighted by Gasteiger charge is -2.50. The summed E-state index contributed by atoms with van der Waals surface area (Å²) in [6, 6.07) is 6.10. The Balaban J connectivity index is 2.08. The fourth-order valence-corrected chi connectivity index (χ4v) is 2.93. The number of amides is 1. The molecule has 0 bridgehead atoms. The molecule has 6 heteroatoms. The van der Waals surface area contributed by atoms with Crippen LogP contribution in [0.15, 0.2) is 29.2 Å². The Bertz CT molecular complexity index is 620. The van der Waals surface area contributed by atoms with E-state index in [1.54, 1.807) is 0 Å². The van der Waals surface area contributed by atoms with Gasteiger partial charge in [-0.25, -0.2) is 8.42 Å². The van der Waals surface area contributed by atoms with Crippen molar-refractivity contribution in [2.75, 3.05) is 6.26 Å². The van der Waals surface area contributed by atoms with Gasteiger partial charge in [-0.1, -0.05) is 13.8 Å². The van der Waals surface area contributed by atoms with E-state index in [0.717, 1.165) is 12.7 Å². The summed E-state index contributed by atoms with van der Waals surface area (Å²) in [5.74, 6) is -0.199. The summed E-state index contributed by atoms with van der Waals surface area (Å²) in [7, 11) is -3.24. The summed E-state index contributed by atoms with van der Waals surface area (Å²) in [4.78, 5) is 12.3. The maximum atomic E-state index is 12.1. The molecule has 0 heterocycles. The van der Waals surface area contributed by atoms with Crippen LogP contribution < -0.4 is 11.1 Å². The van der Waals surface area contributed by atoms with Crippen LogP contribution in [0.2, 0.25) is 0 Å². The van der Waals surface area contributed by atoms with Crippen molar-refractivity contribution in [1.29, 1.82) is 0 Å². The second kappa shape index (κ2) is 4.86. The molecule has 2 atom stereocenters. The van der Waals surface area contributed by atoms with Gasteiger partial charge in [0, 0.05) is 29.3 Å². The molecule has 0 spiro atoms. The van der Waals surface area contributed by atoms with E-state index in [2.05, 4.69) is 5.32 Å².